The fourth-order valence-corrected chi connectivity index (χ4v) is 6.09. The van der Waals surface area contributed by atoms with Crippen molar-refractivity contribution in [2.24, 2.45) is 5.92 Å². The number of benzene rings is 1. The second kappa shape index (κ2) is 11.6. The van der Waals surface area contributed by atoms with E-state index in [0.717, 1.165) is 49.7 Å². The summed E-state index contributed by atoms with van der Waals surface area (Å²) in [5.41, 5.74) is 1.98. The molecule has 0 aromatic heterocycles. The molecule has 7 nitrogen and oxygen atoms in total. The average Bonchev–Trinajstić information content (AvgIpc) is 3.52. The Morgan fingerprint density at radius 1 is 1.31 bits per heavy atom. The second-order valence-corrected chi connectivity index (χ2v) is 11.9. The zero-order valence-corrected chi connectivity index (χ0v) is 23.1. The molecule has 1 N–H and O–H groups in total. The van der Waals surface area contributed by atoms with E-state index < -0.39 is 25.5 Å². The van der Waals surface area contributed by atoms with Gasteiger partial charge in [-0.3, -0.25) is 9.09 Å². The minimum Gasteiger partial charge on any atom is -0.756 e. The van der Waals surface area contributed by atoms with Crippen LogP contribution in [0.3, 0.4) is 0 Å². The highest BCUT2D eigenvalue weighted by Gasteiger charge is 2.56. The van der Waals surface area contributed by atoms with Crippen LogP contribution in [0.2, 0.25) is 0 Å². The molecule has 2 aliphatic rings. The fourth-order valence-electron chi connectivity index (χ4n) is 4.85. The number of phenols is 1. The number of unbranched alkanes of at least 4 members (excludes halogenated alkanes) is 2. The third-order valence-corrected chi connectivity index (χ3v) is 8.12. The normalized spacial score (nSPS) is 22.6. The van der Waals surface area contributed by atoms with Gasteiger partial charge in [0.05, 0.1) is 6.10 Å². The van der Waals surface area contributed by atoms with Crippen molar-refractivity contribution in [3.63, 3.8) is 0 Å². The number of hydrogen-bond donors (Lipinski definition) is 1. The van der Waals surface area contributed by atoms with Gasteiger partial charge in [-0.05, 0) is 89.8 Å². The van der Waals surface area contributed by atoms with Crippen LogP contribution in [0.15, 0.2) is 35.9 Å². The van der Waals surface area contributed by atoms with Crippen LogP contribution in [-0.2, 0) is 24.8 Å². The minimum atomic E-state index is -4.69. The zero-order valence-electron chi connectivity index (χ0n) is 22.2. The number of carbonyl (C=O) groups is 1. The molecule has 0 saturated heterocycles. The quantitative estimate of drug-likeness (QED) is 0.111. The number of phenolic OH excluding ortho intramolecular Hbond substituents is 1. The maximum absolute atomic E-state index is 13.3. The van der Waals surface area contributed by atoms with E-state index in [4.69, 9.17) is 13.8 Å². The van der Waals surface area contributed by atoms with Crippen molar-refractivity contribution in [2.45, 2.75) is 104 Å². The van der Waals surface area contributed by atoms with Crippen LogP contribution >= 0.6 is 7.82 Å². The van der Waals surface area contributed by atoms with E-state index in [9.17, 15) is 19.4 Å². The highest BCUT2D eigenvalue weighted by molar-refractivity contribution is 7.46. The third kappa shape index (κ3) is 7.10. The van der Waals surface area contributed by atoms with Crippen molar-refractivity contribution < 1.29 is 33.1 Å². The maximum Gasteiger partial charge on any atom is 0.344 e. The number of rotatable bonds is 12. The van der Waals surface area contributed by atoms with E-state index in [-0.39, 0.29) is 36.2 Å². The number of aromatic hydroxyl groups is 1. The van der Waals surface area contributed by atoms with Gasteiger partial charge in [0.1, 0.15) is 11.5 Å². The molecule has 1 unspecified atom stereocenters. The van der Waals surface area contributed by atoms with Crippen LogP contribution < -0.4 is 9.63 Å². The van der Waals surface area contributed by atoms with Gasteiger partial charge in [-0.1, -0.05) is 43.6 Å². The molecule has 0 amide bonds. The van der Waals surface area contributed by atoms with E-state index in [2.05, 4.69) is 26.5 Å². The van der Waals surface area contributed by atoms with Crippen molar-refractivity contribution >= 4 is 13.8 Å². The summed E-state index contributed by atoms with van der Waals surface area (Å²) >= 11 is 0. The molecule has 0 radical (unpaired) electrons. The van der Waals surface area contributed by atoms with Crippen molar-refractivity contribution in [3.05, 3.63) is 47.1 Å². The first-order chi connectivity index (χ1) is 16.9. The van der Waals surface area contributed by atoms with E-state index >= 15 is 0 Å². The monoisotopic (exact) mass is 519 g/mol. The largest absolute Gasteiger partial charge is 0.756 e. The Bertz CT molecular complexity index is 1050. The summed E-state index contributed by atoms with van der Waals surface area (Å²) in [6.45, 7) is 13.5. The van der Waals surface area contributed by atoms with Gasteiger partial charge >= 0.3 is 5.97 Å². The Hall–Kier alpha value is -1.92. The smallest absolute Gasteiger partial charge is 0.344 e. The van der Waals surface area contributed by atoms with Crippen molar-refractivity contribution in [1.82, 2.24) is 0 Å². The molecule has 1 aromatic carbocycles. The van der Waals surface area contributed by atoms with Gasteiger partial charge in [0.2, 0.25) is 0 Å². The molecule has 2 aliphatic carbocycles. The lowest BCUT2D eigenvalue weighted by Crippen LogP contribution is -2.33. The molecule has 200 valence electrons. The molecule has 1 aromatic rings. The first-order valence-electron chi connectivity index (χ1n) is 13.0. The summed E-state index contributed by atoms with van der Waals surface area (Å²) < 4.78 is 28.3. The van der Waals surface area contributed by atoms with Gasteiger partial charge in [-0.2, -0.15) is 0 Å². The molecule has 0 bridgehead atoms. The number of ether oxygens (including phenoxy) is 1. The molecular formula is C28H40O7P-. The predicted molar refractivity (Wildman–Crippen MR) is 138 cm³/mol. The number of phosphoric ester groups is 1. The van der Waals surface area contributed by atoms with Gasteiger partial charge in [-0.15, -0.1) is 0 Å². The molecule has 36 heavy (non-hydrogen) atoms. The lowest BCUT2D eigenvalue weighted by molar-refractivity contribution is -0.235. The maximum atomic E-state index is 13.3. The summed E-state index contributed by atoms with van der Waals surface area (Å²) in [5.74, 6) is -0.614. The number of allylic oxidation sites excluding steroid dienone is 3. The number of carbonyl (C=O) groups excluding carboxylic acids is 1. The average molecular weight is 520 g/mol. The number of hydrogen-bond acceptors (Lipinski definition) is 7. The van der Waals surface area contributed by atoms with Crippen LogP contribution in [0.25, 0.3) is 0 Å². The fraction of sp³-hybridized carbons (Fsp3) is 0.607. The number of esters is 1. The molecular weight excluding hydrogens is 479 g/mol. The predicted octanol–water partition coefficient (Wildman–Crippen LogP) is 6.49. The van der Waals surface area contributed by atoms with Crippen molar-refractivity contribution in [2.75, 3.05) is 0 Å². The molecule has 0 spiro atoms. The van der Waals surface area contributed by atoms with E-state index in [0.29, 0.717) is 5.56 Å². The van der Waals surface area contributed by atoms with Gasteiger partial charge in [0.25, 0.3) is 7.82 Å². The summed E-state index contributed by atoms with van der Waals surface area (Å²) in [6, 6.07) is 3.55. The van der Waals surface area contributed by atoms with Crippen molar-refractivity contribution in [3.8, 4) is 11.5 Å². The molecule has 1 saturated carbocycles. The van der Waals surface area contributed by atoms with Crippen LogP contribution in [0.5, 0.6) is 11.5 Å². The standard InChI is InChI=1S/C28H41O7P/c1-7-8-9-10-21-16-24(29)26(23-15-20(6)11-12-22(23)18(2)3)25(17-21)33-27(30)28(13-14-28)35-36(31,32)34-19(4)5/h15-17,19,22-23,29H,2,7-14H2,1,3-6H3,(H,31,32)/p-1/t22-,23+/m0/s1. The third-order valence-electron chi connectivity index (χ3n) is 6.87. The topological polar surface area (TPSA) is 105 Å². The molecule has 0 heterocycles. The van der Waals surface area contributed by atoms with Crippen LogP contribution in [0.1, 0.15) is 96.6 Å². The molecule has 8 heteroatoms. The van der Waals surface area contributed by atoms with Crippen LogP contribution in [0.4, 0.5) is 0 Å². The number of phosphoric acid groups is 1. The molecule has 0 aliphatic heterocycles. The minimum absolute atomic E-state index is 0.0670. The second-order valence-electron chi connectivity index (χ2n) is 10.6. The summed E-state index contributed by atoms with van der Waals surface area (Å²) in [6.07, 6.45) is 7.53. The Morgan fingerprint density at radius 2 is 2.00 bits per heavy atom. The van der Waals surface area contributed by atoms with Crippen LogP contribution in [-0.4, -0.2) is 22.8 Å². The Labute approximate surface area is 215 Å². The van der Waals surface area contributed by atoms with E-state index in [1.54, 1.807) is 26.0 Å². The van der Waals surface area contributed by atoms with Crippen LogP contribution in [0, 0.1) is 5.92 Å². The highest BCUT2D eigenvalue weighted by atomic mass is 31.2. The summed E-state index contributed by atoms with van der Waals surface area (Å²) in [4.78, 5) is 25.6. The Balaban J connectivity index is 1.98. The van der Waals surface area contributed by atoms with E-state index in [1.165, 1.54) is 5.57 Å². The van der Waals surface area contributed by atoms with Gasteiger partial charge < -0.3 is 19.3 Å². The Morgan fingerprint density at radius 3 is 2.58 bits per heavy atom. The molecule has 3 atom stereocenters. The molecule has 1 fully saturated rings. The lowest BCUT2D eigenvalue weighted by atomic mass is 9.73. The number of aryl methyl sites for hydroxylation is 1. The van der Waals surface area contributed by atoms with Gasteiger partial charge in [0.15, 0.2) is 5.60 Å². The first-order valence-corrected chi connectivity index (χ1v) is 14.4. The Kier molecular flexibility index (Phi) is 9.26. The highest BCUT2D eigenvalue weighted by Crippen LogP contribution is 2.54. The first kappa shape index (κ1) is 28.6. The summed E-state index contributed by atoms with van der Waals surface area (Å²) in [7, 11) is -4.69. The summed E-state index contributed by atoms with van der Waals surface area (Å²) in [5, 5.41) is 11.2. The van der Waals surface area contributed by atoms with Gasteiger partial charge in [0, 0.05) is 11.5 Å². The zero-order chi connectivity index (χ0) is 26.7. The van der Waals surface area contributed by atoms with Gasteiger partial charge in [-0.25, -0.2) is 4.79 Å². The van der Waals surface area contributed by atoms with E-state index in [1.807, 2.05) is 6.92 Å². The van der Waals surface area contributed by atoms with Crippen molar-refractivity contribution in [1.29, 1.82) is 0 Å². The molecule has 3 rings (SSSR count). The lowest BCUT2D eigenvalue weighted by Gasteiger charge is -2.32. The SMILES string of the molecule is C=C(C)[C@@H]1CCC(C)=C[C@H]1c1c(O)cc(CCCCC)cc1OC(=O)C1(OP(=O)([O-])OC(C)C)CC1.